The summed E-state index contributed by atoms with van der Waals surface area (Å²) in [5, 5.41) is 5.44. The van der Waals surface area contributed by atoms with Crippen molar-refractivity contribution in [3.8, 4) is 0 Å². The van der Waals surface area contributed by atoms with Crippen LogP contribution in [0, 0.1) is 0 Å². The van der Waals surface area contributed by atoms with Crippen molar-refractivity contribution in [2.24, 2.45) is 0 Å². The fourth-order valence-electron chi connectivity index (χ4n) is 3.49. The van der Waals surface area contributed by atoms with E-state index < -0.39 is 36.0 Å². The molecule has 1 amide bonds. The second-order valence-electron chi connectivity index (χ2n) is 7.62. The van der Waals surface area contributed by atoms with Gasteiger partial charge in [-0.2, -0.15) is 9.97 Å². The number of imidazole rings is 1. The molecular formula is C20H27FN6O6. The van der Waals surface area contributed by atoms with Crippen LogP contribution in [0.25, 0.3) is 11.2 Å². The number of hydrogen-bond acceptors (Lipinski definition) is 10. The molecule has 2 aromatic heterocycles. The zero-order valence-electron chi connectivity index (χ0n) is 19.0. The van der Waals surface area contributed by atoms with Gasteiger partial charge in [-0.15, -0.1) is 0 Å². The van der Waals surface area contributed by atoms with Crippen LogP contribution in [-0.4, -0.2) is 68.9 Å². The molecule has 3 rings (SSSR count). The summed E-state index contributed by atoms with van der Waals surface area (Å²) in [6, 6.07) is 0. The van der Waals surface area contributed by atoms with E-state index in [1.807, 2.05) is 0 Å². The highest BCUT2D eigenvalue weighted by molar-refractivity contribution is 5.91. The Morgan fingerprint density at radius 1 is 1.27 bits per heavy atom. The molecule has 12 nitrogen and oxygen atoms in total. The van der Waals surface area contributed by atoms with Crippen LogP contribution in [0.3, 0.4) is 0 Å². The number of fused-ring (bicyclic) bond motifs is 1. The molecule has 33 heavy (non-hydrogen) atoms. The van der Waals surface area contributed by atoms with Crippen molar-refractivity contribution in [2.45, 2.75) is 64.6 Å². The molecule has 4 atom stereocenters. The van der Waals surface area contributed by atoms with E-state index in [9.17, 15) is 14.4 Å². The number of hydrogen-bond donors (Lipinski definition) is 2. The molecule has 2 N–H and O–H groups in total. The molecule has 1 aliphatic heterocycles. The summed E-state index contributed by atoms with van der Waals surface area (Å²) in [4.78, 5) is 47.9. The highest BCUT2D eigenvalue weighted by Gasteiger charge is 2.58. The van der Waals surface area contributed by atoms with Crippen LogP contribution in [0.5, 0.6) is 0 Å². The van der Waals surface area contributed by atoms with E-state index in [0.717, 1.165) is 0 Å². The topological polar surface area (TPSA) is 147 Å². The predicted octanol–water partition coefficient (Wildman–Crippen LogP) is 1.73. The van der Waals surface area contributed by atoms with Gasteiger partial charge in [0.2, 0.25) is 11.9 Å². The van der Waals surface area contributed by atoms with Gasteiger partial charge in [0.1, 0.15) is 12.7 Å². The summed E-state index contributed by atoms with van der Waals surface area (Å²) in [7, 11) is 1.62. The third-order valence-electron chi connectivity index (χ3n) is 5.16. The van der Waals surface area contributed by atoms with Crippen LogP contribution in [0.1, 0.15) is 46.8 Å². The number of carbonyl (C=O) groups excluding carboxylic acids is 3. The molecule has 2 aromatic rings. The minimum Gasteiger partial charge on any atom is -0.463 e. The number of nitrogens with one attached hydrogen (secondary N) is 2. The standard InChI is InChI=1S/C20H27FN6O6/c1-6-12(29)24-19-25-16(22-5)14-17(26-19)27(9-23-14)18-20(4,21)15(33-13(30)7-2)11(32-18)8-31-10(3)28/h9,11,15,18H,6-8H2,1-5H3,(H2,22,24,25,26,29)/t11-,15-,18-,20-/m1/s1. The molecule has 0 aliphatic carbocycles. The summed E-state index contributed by atoms with van der Waals surface area (Å²) in [6.07, 6.45) is -2.17. The van der Waals surface area contributed by atoms with Crippen LogP contribution < -0.4 is 10.6 Å². The molecule has 1 fully saturated rings. The van der Waals surface area contributed by atoms with Gasteiger partial charge in [-0.1, -0.05) is 13.8 Å². The Kier molecular flexibility index (Phi) is 7.10. The summed E-state index contributed by atoms with van der Waals surface area (Å²) < 4.78 is 33.7. The first-order valence-electron chi connectivity index (χ1n) is 10.5. The lowest BCUT2D eigenvalue weighted by Crippen LogP contribution is -2.44. The monoisotopic (exact) mass is 466 g/mol. The van der Waals surface area contributed by atoms with Gasteiger partial charge in [0.15, 0.2) is 35.0 Å². The van der Waals surface area contributed by atoms with Crippen LogP contribution in [0.15, 0.2) is 6.33 Å². The van der Waals surface area contributed by atoms with Gasteiger partial charge in [-0.25, -0.2) is 9.37 Å². The summed E-state index contributed by atoms with van der Waals surface area (Å²) in [5.41, 5.74) is -1.74. The number of carbonyl (C=O) groups is 3. The fourth-order valence-corrected chi connectivity index (χ4v) is 3.49. The first-order valence-corrected chi connectivity index (χ1v) is 10.5. The Hall–Kier alpha value is -3.35. The van der Waals surface area contributed by atoms with Crippen LogP contribution in [0.2, 0.25) is 0 Å². The van der Waals surface area contributed by atoms with Gasteiger partial charge in [0.25, 0.3) is 0 Å². The maximum atomic E-state index is 16.1. The van der Waals surface area contributed by atoms with Crippen molar-refractivity contribution in [1.82, 2.24) is 19.5 Å². The highest BCUT2D eigenvalue weighted by atomic mass is 19.1. The third-order valence-corrected chi connectivity index (χ3v) is 5.16. The molecule has 0 radical (unpaired) electrons. The summed E-state index contributed by atoms with van der Waals surface area (Å²) >= 11 is 0. The molecule has 1 aliphatic rings. The molecule has 0 bridgehead atoms. The molecule has 180 valence electrons. The van der Waals surface area contributed by atoms with Gasteiger partial charge in [0, 0.05) is 26.8 Å². The molecular weight excluding hydrogens is 439 g/mol. The van der Waals surface area contributed by atoms with Crippen molar-refractivity contribution < 1.29 is 33.0 Å². The molecule has 3 heterocycles. The first-order chi connectivity index (χ1) is 15.6. The van der Waals surface area contributed by atoms with E-state index in [-0.39, 0.29) is 37.0 Å². The Balaban J connectivity index is 2.05. The van der Waals surface area contributed by atoms with Gasteiger partial charge < -0.3 is 19.5 Å². The van der Waals surface area contributed by atoms with Crippen LogP contribution in [0.4, 0.5) is 16.2 Å². The fraction of sp³-hybridized carbons (Fsp3) is 0.600. The highest BCUT2D eigenvalue weighted by Crippen LogP contribution is 2.44. The lowest BCUT2D eigenvalue weighted by atomic mass is 9.98. The first kappa shape index (κ1) is 24.3. The van der Waals surface area contributed by atoms with E-state index in [0.29, 0.717) is 11.3 Å². The Morgan fingerprint density at radius 3 is 2.61 bits per heavy atom. The van der Waals surface area contributed by atoms with Crippen molar-refractivity contribution in [1.29, 1.82) is 0 Å². The largest absolute Gasteiger partial charge is 0.463 e. The van der Waals surface area contributed by atoms with E-state index in [4.69, 9.17) is 14.2 Å². The number of halogens is 1. The van der Waals surface area contributed by atoms with Crippen LogP contribution in [-0.2, 0) is 28.6 Å². The molecule has 0 aromatic carbocycles. The van der Waals surface area contributed by atoms with E-state index >= 15 is 4.39 Å². The zero-order chi connectivity index (χ0) is 24.3. The average molecular weight is 466 g/mol. The average Bonchev–Trinajstić information content (AvgIpc) is 3.29. The maximum Gasteiger partial charge on any atom is 0.305 e. The Morgan fingerprint density at radius 2 is 2.00 bits per heavy atom. The quantitative estimate of drug-likeness (QED) is 0.551. The van der Waals surface area contributed by atoms with Gasteiger partial charge in [0.05, 0.1) is 6.33 Å². The number of nitrogens with zero attached hydrogens (tertiary/aromatic N) is 4. The SMILES string of the molecule is CCC(=O)Nc1nc(NC)c2ncn([C@@H]3O[C@H](COC(C)=O)[C@@H](OC(=O)CC)[C@@]3(C)F)c2n1. The molecule has 0 unspecified atom stereocenters. The maximum absolute atomic E-state index is 16.1. The normalized spacial score (nSPS) is 24.5. The number of ether oxygens (including phenoxy) is 3. The van der Waals surface area contributed by atoms with Crippen molar-refractivity contribution in [3.05, 3.63) is 6.33 Å². The number of aromatic nitrogens is 4. The molecule has 0 saturated carbocycles. The number of esters is 2. The van der Waals surface area contributed by atoms with E-state index in [1.54, 1.807) is 20.9 Å². The molecule has 1 saturated heterocycles. The molecule has 0 spiro atoms. The lowest BCUT2D eigenvalue weighted by Gasteiger charge is -2.27. The second kappa shape index (κ2) is 9.65. The number of alkyl halides is 1. The predicted molar refractivity (Wildman–Crippen MR) is 114 cm³/mol. The Bertz CT molecular complexity index is 1060. The van der Waals surface area contributed by atoms with Gasteiger partial charge >= 0.3 is 11.9 Å². The number of rotatable bonds is 8. The minimum absolute atomic E-state index is 0.00410. The Labute approximate surface area is 189 Å². The molecule has 13 heteroatoms. The van der Waals surface area contributed by atoms with Gasteiger partial charge in [-0.3, -0.25) is 24.3 Å². The smallest absolute Gasteiger partial charge is 0.305 e. The summed E-state index contributed by atoms with van der Waals surface area (Å²) in [6.45, 7) is 5.38. The second-order valence-corrected chi connectivity index (χ2v) is 7.62. The van der Waals surface area contributed by atoms with Crippen LogP contribution >= 0.6 is 0 Å². The minimum atomic E-state index is -2.24. The van der Waals surface area contributed by atoms with E-state index in [1.165, 1.54) is 24.7 Å². The van der Waals surface area contributed by atoms with Gasteiger partial charge in [-0.05, 0) is 6.92 Å². The lowest BCUT2D eigenvalue weighted by molar-refractivity contribution is -0.160. The van der Waals surface area contributed by atoms with E-state index in [2.05, 4.69) is 25.6 Å². The van der Waals surface area contributed by atoms with Crippen molar-refractivity contribution in [3.63, 3.8) is 0 Å². The number of amides is 1. The zero-order valence-corrected chi connectivity index (χ0v) is 19.0. The summed E-state index contributed by atoms with van der Waals surface area (Å²) in [5.74, 6) is -1.19. The number of anilines is 2. The van der Waals surface area contributed by atoms with Crippen molar-refractivity contribution in [2.75, 3.05) is 24.3 Å². The van der Waals surface area contributed by atoms with Crippen molar-refractivity contribution >= 4 is 40.8 Å². The third kappa shape index (κ3) is 4.87.